The summed E-state index contributed by atoms with van der Waals surface area (Å²) in [4.78, 5) is 11.3. The second-order valence-electron chi connectivity index (χ2n) is 0.341. The van der Waals surface area contributed by atoms with Crippen molar-refractivity contribution in [3.63, 3.8) is 0 Å². The van der Waals surface area contributed by atoms with Crippen LogP contribution < -0.4 is 24.0 Å². The van der Waals surface area contributed by atoms with Gasteiger partial charge in [0.15, 0.2) is 0 Å². The number of carboxylic acid groups (broad SMARTS) is 1. The first-order valence-electron chi connectivity index (χ1n) is 0.795. The molecule has 0 aliphatic carbocycles. The number of carbonyl (C=O) groups excluding carboxylic acids is 1. The van der Waals surface area contributed by atoms with Crippen molar-refractivity contribution < 1.29 is 44.4 Å². The summed E-state index contributed by atoms with van der Waals surface area (Å²) in [5, 5.41) is 15.8. The minimum Gasteiger partial charge on any atom is -0.424 e. The molecular formula is CH3AlLiO5+3. The molecule has 0 rings (SSSR count). The Morgan fingerprint density at radius 2 is 1.75 bits per heavy atom. The fraction of sp³-hybridized carbons (Fsp3) is 0. The van der Waals surface area contributed by atoms with E-state index in [4.69, 9.17) is 15.2 Å². The van der Waals surface area contributed by atoms with Crippen molar-refractivity contribution in [1.29, 1.82) is 0 Å². The van der Waals surface area contributed by atoms with Gasteiger partial charge in [-0.2, -0.15) is 0 Å². The van der Waals surface area contributed by atoms with Gasteiger partial charge in [0.25, 0.3) is 6.16 Å². The van der Waals surface area contributed by atoms with Crippen molar-refractivity contribution in [2.75, 3.05) is 0 Å². The fourth-order valence-corrected chi connectivity index (χ4v) is 0. The molecule has 0 aliphatic rings. The summed E-state index contributed by atoms with van der Waals surface area (Å²) in [7, 11) is 0. The van der Waals surface area contributed by atoms with Crippen LogP contribution in [0.15, 0.2) is 0 Å². The van der Waals surface area contributed by atoms with Gasteiger partial charge in [-0.15, -0.1) is 0 Å². The molecule has 0 unspecified atom stereocenters. The molecule has 0 spiro atoms. The molecule has 3 N–H and O–H groups in total. The summed E-state index contributed by atoms with van der Waals surface area (Å²) in [6.07, 6.45) is -1.94. The van der Waals surface area contributed by atoms with E-state index in [1.807, 2.05) is 0 Å². The smallest absolute Gasteiger partial charge is 0.424 e. The Bertz CT molecular complexity index is 47.7. The summed E-state index contributed by atoms with van der Waals surface area (Å²) >= 11 is 0. The zero-order chi connectivity index (χ0) is 4.28. The van der Waals surface area contributed by atoms with E-state index in [9.17, 15) is 0 Å². The van der Waals surface area contributed by atoms with E-state index >= 15 is 0 Å². The summed E-state index contributed by atoms with van der Waals surface area (Å²) < 4.78 is 0. The number of rotatable bonds is 0. The molecule has 38 valence electrons. The number of hydrogen-bond donors (Lipinski definition) is 1. The molecule has 0 radical (unpaired) electrons. The van der Waals surface area contributed by atoms with Crippen molar-refractivity contribution in [3.8, 4) is 0 Å². The van der Waals surface area contributed by atoms with Crippen molar-refractivity contribution >= 4 is 23.5 Å². The third-order valence-corrected chi connectivity index (χ3v) is 0.0745. The first-order chi connectivity index (χ1) is 2.27. The quantitative estimate of drug-likeness (QED) is 0.200. The minimum atomic E-state index is -1.94. The van der Waals surface area contributed by atoms with Crippen LogP contribution in [-0.4, -0.2) is 34.2 Å². The van der Waals surface area contributed by atoms with Crippen LogP contribution in [-0.2, 0) is 4.89 Å². The summed E-state index contributed by atoms with van der Waals surface area (Å²) in [5.74, 6) is 0. The van der Waals surface area contributed by atoms with Gasteiger partial charge in [0.1, 0.15) is 0 Å². The molecule has 0 aromatic heterocycles. The summed E-state index contributed by atoms with van der Waals surface area (Å²) in [6.45, 7) is 0. The number of carbonyl (C=O) groups is 1. The molecular weight excluding hydrogens is 126 g/mol. The molecule has 0 heterocycles. The van der Waals surface area contributed by atoms with Crippen LogP contribution in [0.5, 0.6) is 0 Å². The Hall–Kier alpha value is 0.320. The van der Waals surface area contributed by atoms with E-state index in [2.05, 4.69) is 4.89 Å². The van der Waals surface area contributed by atoms with Crippen molar-refractivity contribution in [1.82, 2.24) is 0 Å². The Balaban J connectivity index is -0.0000000267. The average Bonchev–Trinajstić information content (AvgIpc) is 1.38. The van der Waals surface area contributed by atoms with Crippen LogP contribution in [0, 0.1) is 0 Å². The summed E-state index contributed by atoms with van der Waals surface area (Å²) in [6, 6.07) is 0. The first kappa shape index (κ1) is 23.9. The van der Waals surface area contributed by atoms with Gasteiger partial charge in [-0.1, -0.05) is 0 Å². The van der Waals surface area contributed by atoms with E-state index in [1.165, 1.54) is 0 Å². The predicted octanol–water partition coefficient (Wildman–Crippen LogP) is -5.38. The van der Waals surface area contributed by atoms with Gasteiger partial charge in [-0.25, -0.2) is 0 Å². The molecule has 0 saturated carbocycles. The largest absolute Gasteiger partial charge is 3.00 e. The fourth-order valence-electron chi connectivity index (χ4n) is 0. The average molecular weight is 129 g/mol. The standard InChI is InChI=1S/CH2O4.Al.Li.H2O/c2-1(3)5-4;;;/h4H,(H,2,3);;;1H2/q;+3;+1;/p-1. The normalized spacial score (nSPS) is 4.12. The zero-order valence-electron chi connectivity index (χ0n) is 4.25. The van der Waals surface area contributed by atoms with Crippen LogP contribution in [0.4, 0.5) is 4.79 Å². The van der Waals surface area contributed by atoms with Crippen LogP contribution >= 0.6 is 0 Å². The summed E-state index contributed by atoms with van der Waals surface area (Å²) in [5.41, 5.74) is 0. The van der Waals surface area contributed by atoms with E-state index in [-0.39, 0.29) is 41.7 Å². The van der Waals surface area contributed by atoms with Crippen molar-refractivity contribution in [3.05, 3.63) is 0 Å². The van der Waals surface area contributed by atoms with Crippen molar-refractivity contribution in [2.45, 2.75) is 0 Å². The van der Waals surface area contributed by atoms with Gasteiger partial charge in [0.05, 0.1) is 0 Å². The molecule has 0 aromatic rings. The maximum absolute atomic E-state index is 8.78. The molecule has 5 nitrogen and oxygen atoms in total. The van der Waals surface area contributed by atoms with E-state index in [1.54, 1.807) is 0 Å². The SMILES string of the molecule is O.O=C([O-])OO.[Al+3].[Li+]. The molecule has 0 fully saturated rings. The zero-order valence-corrected chi connectivity index (χ0v) is 5.40. The Morgan fingerprint density at radius 3 is 1.75 bits per heavy atom. The van der Waals surface area contributed by atoms with E-state index in [0.29, 0.717) is 0 Å². The maximum atomic E-state index is 8.78. The third-order valence-electron chi connectivity index (χ3n) is 0.0745. The van der Waals surface area contributed by atoms with E-state index < -0.39 is 6.16 Å². The topological polar surface area (TPSA) is 101 Å². The van der Waals surface area contributed by atoms with Gasteiger partial charge >= 0.3 is 36.2 Å². The van der Waals surface area contributed by atoms with Crippen LogP contribution in [0.3, 0.4) is 0 Å². The monoisotopic (exact) mass is 129 g/mol. The van der Waals surface area contributed by atoms with E-state index in [0.717, 1.165) is 0 Å². The Kier molecular flexibility index (Phi) is 46.8. The van der Waals surface area contributed by atoms with Crippen LogP contribution in [0.1, 0.15) is 0 Å². The van der Waals surface area contributed by atoms with Crippen LogP contribution in [0.2, 0.25) is 0 Å². The molecule has 0 saturated heterocycles. The Labute approximate surface area is 68.2 Å². The molecule has 0 aliphatic heterocycles. The first-order valence-corrected chi connectivity index (χ1v) is 0.795. The van der Waals surface area contributed by atoms with Crippen LogP contribution in [0.25, 0.3) is 0 Å². The van der Waals surface area contributed by atoms with Gasteiger partial charge in [0, 0.05) is 0 Å². The van der Waals surface area contributed by atoms with Gasteiger partial charge < -0.3 is 20.3 Å². The van der Waals surface area contributed by atoms with Gasteiger partial charge in [0.2, 0.25) is 0 Å². The maximum Gasteiger partial charge on any atom is 3.00 e. The molecule has 0 atom stereocenters. The Morgan fingerprint density at radius 1 is 1.62 bits per heavy atom. The van der Waals surface area contributed by atoms with Crippen molar-refractivity contribution in [2.24, 2.45) is 0 Å². The minimum absolute atomic E-state index is 0. The predicted molar refractivity (Wildman–Crippen MR) is 18.5 cm³/mol. The third kappa shape index (κ3) is 33.2. The molecule has 8 heavy (non-hydrogen) atoms. The van der Waals surface area contributed by atoms with Gasteiger partial charge in [-0.3, -0.25) is 5.26 Å². The number of hydrogen-bond acceptors (Lipinski definition) is 4. The van der Waals surface area contributed by atoms with Gasteiger partial charge in [-0.05, 0) is 0 Å². The second kappa shape index (κ2) is 15.7. The molecule has 7 heteroatoms. The molecule has 0 amide bonds. The molecule has 0 bridgehead atoms. The second-order valence-corrected chi connectivity index (χ2v) is 0.341. The molecule has 0 aromatic carbocycles.